The molecule has 0 aromatic heterocycles. The van der Waals surface area contributed by atoms with E-state index in [1.165, 1.54) is 29.2 Å². The molecule has 0 amide bonds. The number of carboxylic acid groups (broad SMARTS) is 1. The topological polar surface area (TPSA) is 217 Å². The number of aliphatic carboxylic acids is 1. The van der Waals surface area contributed by atoms with Crippen LogP contribution in [-0.2, 0) is 30.6 Å². The highest BCUT2D eigenvalue weighted by molar-refractivity contribution is 6.05. The number of carbonyl (C=O) groups excluding carboxylic acids is 3. The Morgan fingerprint density at radius 3 is 2.40 bits per heavy atom. The number of esters is 1. The van der Waals surface area contributed by atoms with E-state index in [2.05, 4.69) is 11.8 Å². The summed E-state index contributed by atoms with van der Waals surface area (Å²) in [5.74, 6) is -3.04. The minimum absolute atomic E-state index is 0.0198. The molecule has 6 rings (SSSR count). The maximum Gasteiger partial charge on any atom is 0.338 e. The van der Waals surface area contributed by atoms with Crippen molar-refractivity contribution in [2.75, 3.05) is 39.3 Å². The molecule has 1 aromatic carbocycles. The highest BCUT2D eigenvalue weighted by Crippen LogP contribution is 2.68. The Balaban J connectivity index is 1.05. The van der Waals surface area contributed by atoms with Gasteiger partial charge in [-0.1, -0.05) is 31.6 Å². The van der Waals surface area contributed by atoms with Crippen LogP contribution in [0, 0.1) is 38.7 Å². The molecule has 0 spiro atoms. The number of benzene rings is 1. The lowest BCUT2D eigenvalue weighted by Gasteiger charge is -2.61. The van der Waals surface area contributed by atoms with Crippen molar-refractivity contribution in [2.24, 2.45) is 28.6 Å². The van der Waals surface area contributed by atoms with Crippen LogP contribution < -0.4 is 0 Å². The number of aliphatic hydroxyl groups is 3. The third-order valence-electron chi connectivity index (χ3n) is 13.3. The van der Waals surface area contributed by atoms with E-state index < -0.39 is 52.1 Å². The number of fused-ring (bicyclic) bond motifs is 5. The summed E-state index contributed by atoms with van der Waals surface area (Å²) in [5, 5.41) is 55.3. The van der Waals surface area contributed by atoms with E-state index in [9.17, 15) is 49.7 Å². The molecule has 9 atom stereocenters. The number of ether oxygens (including phenoxy) is 1. The molecule has 1 aromatic rings. The molecular weight excluding hydrogens is 678 g/mol. The van der Waals surface area contributed by atoms with Crippen molar-refractivity contribution in [2.45, 2.75) is 89.3 Å². The zero-order valence-electron chi connectivity index (χ0n) is 29.6. The van der Waals surface area contributed by atoms with E-state index in [1.807, 2.05) is 11.8 Å². The third kappa shape index (κ3) is 6.77. The second-order valence-electron chi connectivity index (χ2n) is 15.8. The maximum absolute atomic E-state index is 13.9. The molecule has 0 bridgehead atoms. The summed E-state index contributed by atoms with van der Waals surface area (Å²) in [7, 11) is 0. The number of aliphatic hydroxyl groups excluding tert-OH is 2. The SMILES string of the molecule is C[C@]12CCC(=O)C=C1CC[C@@H]1[C@@H]2[C@@H](O)C[C@@]2(C)[C@H]1CC[C@]2(O)C(O)C(=O)C(C(=O)O)N1CCN(CCOC(=O)c2ccc(CO[N+](=O)[O-])cc2)CC1. The number of nitrogens with zero attached hydrogens (tertiary/aromatic N) is 3. The molecule has 4 aliphatic carbocycles. The average molecular weight is 728 g/mol. The predicted molar refractivity (Wildman–Crippen MR) is 182 cm³/mol. The lowest BCUT2D eigenvalue weighted by molar-refractivity contribution is -0.763. The van der Waals surface area contributed by atoms with Gasteiger partial charge in [0, 0.05) is 44.6 Å². The Kier molecular flexibility index (Phi) is 10.6. The van der Waals surface area contributed by atoms with Crippen LogP contribution in [0.1, 0.15) is 74.7 Å². The van der Waals surface area contributed by atoms with Crippen molar-refractivity contribution in [1.82, 2.24) is 9.80 Å². The Morgan fingerprint density at radius 1 is 1.06 bits per heavy atom. The van der Waals surface area contributed by atoms with Gasteiger partial charge in [0.25, 0.3) is 5.09 Å². The smallest absolute Gasteiger partial charge is 0.338 e. The molecule has 15 nitrogen and oxygen atoms in total. The Hall–Kier alpha value is -3.76. The second-order valence-corrected chi connectivity index (χ2v) is 15.8. The van der Waals surface area contributed by atoms with E-state index in [1.54, 1.807) is 6.08 Å². The number of rotatable bonds is 12. The van der Waals surface area contributed by atoms with E-state index in [4.69, 9.17) is 4.74 Å². The van der Waals surface area contributed by atoms with Gasteiger partial charge in [-0.3, -0.25) is 24.2 Å². The zero-order chi connectivity index (χ0) is 37.6. The predicted octanol–water partition coefficient (Wildman–Crippen LogP) is 1.79. The number of allylic oxidation sites excluding steroid dienone is 1. The van der Waals surface area contributed by atoms with Gasteiger partial charge in [-0.25, -0.2) is 4.79 Å². The summed E-state index contributed by atoms with van der Waals surface area (Å²) in [5.41, 5.74) is -1.43. The lowest BCUT2D eigenvalue weighted by Crippen LogP contribution is -2.66. The van der Waals surface area contributed by atoms with Crippen molar-refractivity contribution in [3.05, 3.63) is 57.2 Å². The largest absolute Gasteiger partial charge is 0.480 e. The lowest BCUT2D eigenvalue weighted by atomic mass is 9.45. The molecule has 4 fully saturated rings. The molecule has 1 aliphatic heterocycles. The van der Waals surface area contributed by atoms with Crippen LogP contribution in [0.3, 0.4) is 0 Å². The van der Waals surface area contributed by atoms with Crippen LogP contribution in [0.4, 0.5) is 0 Å². The van der Waals surface area contributed by atoms with E-state index in [0.29, 0.717) is 44.5 Å². The molecule has 4 N–H and O–H groups in total. The number of piperazine rings is 1. The minimum atomic E-state index is -1.97. The first-order valence-corrected chi connectivity index (χ1v) is 18.2. The van der Waals surface area contributed by atoms with Crippen LogP contribution >= 0.6 is 0 Å². The normalized spacial score (nSPS) is 34.6. The number of carboxylic acids is 1. The summed E-state index contributed by atoms with van der Waals surface area (Å²) in [6, 6.07) is 4.34. The molecular formula is C37H49N3O12. The third-order valence-corrected chi connectivity index (χ3v) is 13.3. The maximum atomic E-state index is 13.9. The van der Waals surface area contributed by atoms with Crippen molar-refractivity contribution < 1.29 is 54.3 Å². The molecule has 284 valence electrons. The molecule has 0 radical (unpaired) electrons. The van der Waals surface area contributed by atoms with Crippen molar-refractivity contribution in [3.8, 4) is 0 Å². The van der Waals surface area contributed by atoms with Gasteiger partial charge in [-0.05, 0) is 85.5 Å². The standard InChI is InChI=1S/C37H49N3O12/c1-35-11-9-25(41)19-24(35)7-8-26-27-10-12-37(48,36(27,2)20-28(42)29(26)35)32(44)31(43)30(33(45)46)39-15-13-38(14-16-39)17-18-51-34(47)23-5-3-22(4-6-23)21-52-40(49)50/h3-6,19,26-30,32,42,44,48H,7-18,20-21H2,1-2H3,(H,45,46)/t26-,27-,28-,29+,30?,32?,35-,36-,37-/m0/s1. The summed E-state index contributed by atoms with van der Waals surface area (Å²) in [4.78, 5) is 69.3. The Morgan fingerprint density at radius 2 is 1.75 bits per heavy atom. The van der Waals surface area contributed by atoms with E-state index >= 15 is 0 Å². The van der Waals surface area contributed by atoms with Gasteiger partial charge < -0.3 is 30.0 Å². The molecule has 52 heavy (non-hydrogen) atoms. The van der Waals surface area contributed by atoms with Crippen molar-refractivity contribution >= 4 is 23.5 Å². The fourth-order valence-corrected chi connectivity index (χ4v) is 10.5. The summed E-state index contributed by atoms with van der Waals surface area (Å²) < 4.78 is 5.37. The monoisotopic (exact) mass is 727 g/mol. The molecule has 3 saturated carbocycles. The quantitative estimate of drug-likeness (QED) is 0.105. The van der Waals surface area contributed by atoms with Crippen LogP contribution in [-0.4, -0.2) is 122 Å². The number of hydrogen-bond donors (Lipinski definition) is 4. The number of hydrogen-bond acceptors (Lipinski definition) is 13. The van der Waals surface area contributed by atoms with E-state index in [0.717, 1.165) is 18.4 Å². The zero-order valence-corrected chi connectivity index (χ0v) is 29.6. The van der Waals surface area contributed by atoms with Crippen LogP contribution in [0.15, 0.2) is 35.9 Å². The van der Waals surface area contributed by atoms with Gasteiger partial charge in [0.15, 0.2) is 17.6 Å². The van der Waals surface area contributed by atoms with Crippen LogP contribution in [0.2, 0.25) is 0 Å². The van der Waals surface area contributed by atoms with Gasteiger partial charge in [-0.15, -0.1) is 10.1 Å². The van der Waals surface area contributed by atoms with Gasteiger partial charge in [0.05, 0.1) is 11.7 Å². The highest BCUT2D eigenvalue weighted by atomic mass is 16.9. The van der Waals surface area contributed by atoms with Gasteiger partial charge in [0.1, 0.15) is 24.9 Å². The van der Waals surface area contributed by atoms with Gasteiger partial charge in [-0.2, -0.15) is 0 Å². The summed E-state index contributed by atoms with van der Waals surface area (Å²) in [6.07, 6.45) is 2.28. The Labute approximate surface area is 301 Å². The molecule has 2 unspecified atom stereocenters. The highest BCUT2D eigenvalue weighted by Gasteiger charge is 2.69. The second kappa shape index (κ2) is 14.6. The fourth-order valence-electron chi connectivity index (χ4n) is 10.5. The van der Waals surface area contributed by atoms with Gasteiger partial charge >= 0.3 is 11.9 Å². The first-order valence-electron chi connectivity index (χ1n) is 18.2. The number of ketones is 2. The molecule has 15 heteroatoms. The van der Waals surface area contributed by atoms with Crippen LogP contribution in [0.25, 0.3) is 0 Å². The van der Waals surface area contributed by atoms with Crippen LogP contribution in [0.5, 0.6) is 0 Å². The molecule has 1 heterocycles. The summed E-state index contributed by atoms with van der Waals surface area (Å²) >= 11 is 0. The Bertz CT molecular complexity index is 1610. The first-order chi connectivity index (χ1) is 24.6. The number of carbonyl (C=O) groups is 4. The molecule has 1 saturated heterocycles. The van der Waals surface area contributed by atoms with Gasteiger partial charge in [0.2, 0.25) is 0 Å². The fraction of sp³-hybridized carbons (Fsp3) is 0.676. The number of Topliss-reactive ketones (excluding diaryl/α,β-unsaturated/α-hetero) is 1. The molecule has 5 aliphatic rings. The van der Waals surface area contributed by atoms with E-state index in [-0.39, 0.29) is 73.7 Å². The first kappa shape index (κ1) is 38.0. The van der Waals surface area contributed by atoms with Crippen molar-refractivity contribution in [1.29, 1.82) is 0 Å². The average Bonchev–Trinajstić information content (AvgIpc) is 3.38. The summed E-state index contributed by atoms with van der Waals surface area (Å²) in [6.45, 7) is 5.25. The minimum Gasteiger partial charge on any atom is -0.480 e. The van der Waals surface area contributed by atoms with Crippen molar-refractivity contribution in [3.63, 3.8) is 0 Å².